The summed E-state index contributed by atoms with van der Waals surface area (Å²) < 4.78 is 27.7. The number of primary sulfonamides is 1. The molecule has 0 spiro atoms. The summed E-state index contributed by atoms with van der Waals surface area (Å²) in [6.45, 7) is 1.50. The van der Waals surface area contributed by atoms with Crippen LogP contribution in [0.4, 0.5) is 0 Å². The van der Waals surface area contributed by atoms with E-state index in [1.807, 2.05) is 0 Å². The Morgan fingerprint density at radius 3 is 2.74 bits per heavy atom. The van der Waals surface area contributed by atoms with E-state index in [0.717, 1.165) is 0 Å². The maximum Gasteiger partial charge on any atom is 0.339 e. The molecule has 1 aromatic rings. The summed E-state index contributed by atoms with van der Waals surface area (Å²) in [5.74, 6) is -0.824. The molecule has 0 aliphatic heterocycles. The second-order valence-electron chi connectivity index (χ2n) is 3.44. The Hall–Kier alpha value is -2.09. The summed E-state index contributed by atoms with van der Waals surface area (Å²) in [5, 5.41) is 8.36. The average molecular weight is 284 g/mol. The lowest BCUT2D eigenvalue weighted by atomic mass is 10.1. The van der Waals surface area contributed by atoms with E-state index in [2.05, 4.69) is 10.0 Å². The number of carbonyl (C=O) groups excluding carboxylic acids is 1. The second kappa shape index (κ2) is 6.19. The van der Waals surface area contributed by atoms with Crippen molar-refractivity contribution in [2.75, 3.05) is 6.61 Å². The van der Waals surface area contributed by atoms with Gasteiger partial charge in [0.15, 0.2) is 0 Å². The van der Waals surface area contributed by atoms with Gasteiger partial charge in [0.25, 0.3) is 0 Å². The Kier molecular flexibility index (Phi) is 4.87. The van der Waals surface area contributed by atoms with Crippen LogP contribution in [0.2, 0.25) is 0 Å². The monoisotopic (exact) mass is 284 g/mol. The van der Waals surface area contributed by atoms with E-state index in [1.165, 1.54) is 18.2 Å². The average Bonchev–Trinajstić information content (AvgIpc) is 2.35. The van der Waals surface area contributed by atoms with Crippen molar-refractivity contribution >= 4 is 16.0 Å². The van der Waals surface area contributed by atoms with Gasteiger partial charge in [0.2, 0.25) is 10.0 Å². The van der Waals surface area contributed by atoms with Gasteiger partial charge in [-0.05, 0) is 24.1 Å². The van der Waals surface area contributed by atoms with E-state index in [0.29, 0.717) is 0 Å². The minimum Gasteiger partial charge on any atom is -0.462 e. The van der Waals surface area contributed by atoms with Gasteiger partial charge in [-0.2, -0.15) is 0 Å². The van der Waals surface area contributed by atoms with Gasteiger partial charge in [-0.25, -0.2) is 18.4 Å². The molecule has 0 atom stereocenters. The van der Waals surface area contributed by atoms with Gasteiger partial charge in [0.05, 0.1) is 23.6 Å². The summed E-state index contributed by atoms with van der Waals surface area (Å²) in [4.78, 5) is 14.0. The third kappa shape index (κ3) is 3.68. The molecule has 1 aromatic carbocycles. The van der Waals surface area contributed by atoms with E-state index in [1.54, 1.807) is 6.92 Å². The fourth-order valence-corrected chi connectivity index (χ4v) is 2.26. The highest BCUT2D eigenvalue weighted by Gasteiger charge is 2.23. The molecular weight excluding hydrogens is 272 g/mol. The van der Waals surface area contributed by atoms with Crippen LogP contribution in [0.3, 0.4) is 0 Å². The van der Waals surface area contributed by atoms with Gasteiger partial charge in [-0.1, -0.05) is 17.2 Å². The topological polar surface area (TPSA) is 135 Å². The van der Waals surface area contributed by atoms with E-state index >= 15 is 0 Å². The number of ether oxygens (including phenoxy) is 1. The third-order valence-corrected chi connectivity index (χ3v) is 3.16. The number of hydrogen-bond donors (Lipinski definition) is 1. The first-order valence-corrected chi connectivity index (χ1v) is 6.79. The van der Waals surface area contributed by atoms with Crippen LogP contribution in [0.5, 0.6) is 0 Å². The lowest BCUT2D eigenvalue weighted by Crippen LogP contribution is -2.19. The van der Waals surface area contributed by atoms with Crippen LogP contribution in [0.1, 0.15) is 22.8 Å². The summed E-state index contributed by atoms with van der Waals surface area (Å²) >= 11 is 0. The predicted octanol–water partition coefficient (Wildman–Crippen LogP) is 1.32. The van der Waals surface area contributed by atoms with Crippen LogP contribution >= 0.6 is 0 Å². The molecule has 102 valence electrons. The Morgan fingerprint density at radius 1 is 1.53 bits per heavy atom. The number of hydrogen-bond acceptors (Lipinski definition) is 5. The SMILES string of the molecule is CCOC(=O)c1c(CN=[N+]=[N-])cccc1S(N)(=O)=O. The lowest BCUT2D eigenvalue weighted by Gasteiger charge is -2.11. The highest BCUT2D eigenvalue weighted by molar-refractivity contribution is 7.89. The minimum absolute atomic E-state index is 0.0821. The van der Waals surface area contributed by atoms with Crippen LogP contribution in [0.25, 0.3) is 10.4 Å². The van der Waals surface area contributed by atoms with Gasteiger partial charge >= 0.3 is 5.97 Å². The zero-order chi connectivity index (χ0) is 14.5. The van der Waals surface area contributed by atoms with E-state index in [-0.39, 0.29) is 29.2 Å². The number of benzene rings is 1. The third-order valence-electron chi connectivity index (χ3n) is 2.20. The fourth-order valence-electron chi connectivity index (χ4n) is 1.49. The molecule has 0 aromatic heterocycles. The Balaban J connectivity index is 3.48. The molecule has 1 rings (SSSR count). The maximum atomic E-state index is 11.8. The van der Waals surface area contributed by atoms with Crippen molar-refractivity contribution < 1.29 is 17.9 Å². The summed E-state index contributed by atoms with van der Waals surface area (Å²) in [6, 6.07) is 4.07. The molecule has 0 radical (unpaired) electrons. The fraction of sp³-hybridized carbons (Fsp3) is 0.300. The van der Waals surface area contributed by atoms with Crippen LogP contribution in [0.15, 0.2) is 28.2 Å². The molecule has 0 amide bonds. The van der Waals surface area contributed by atoms with Crippen LogP contribution < -0.4 is 5.14 Å². The van der Waals surface area contributed by atoms with Crippen molar-refractivity contribution in [1.29, 1.82) is 0 Å². The number of azide groups is 1. The second-order valence-corrected chi connectivity index (χ2v) is 4.97. The zero-order valence-corrected chi connectivity index (χ0v) is 10.9. The van der Waals surface area contributed by atoms with Crippen LogP contribution in [-0.4, -0.2) is 21.0 Å². The van der Waals surface area contributed by atoms with Gasteiger partial charge < -0.3 is 4.74 Å². The largest absolute Gasteiger partial charge is 0.462 e. The number of rotatable bonds is 5. The van der Waals surface area contributed by atoms with Gasteiger partial charge in [-0.15, -0.1) is 0 Å². The molecular formula is C10H12N4O4S. The molecule has 0 aliphatic rings. The first kappa shape index (κ1) is 15.0. The Labute approximate surface area is 109 Å². The molecule has 2 N–H and O–H groups in total. The Morgan fingerprint density at radius 2 is 2.21 bits per heavy atom. The summed E-state index contributed by atoms with van der Waals surface area (Å²) in [5.41, 5.74) is 8.33. The van der Waals surface area contributed by atoms with Crippen molar-refractivity contribution in [3.63, 3.8) is 0 Å². The maximum absolute atomic E-state index is 11.8. The van der Waals surface area contributed by atoms with Crippen molar-refractivity contribution in [2.45, 2.75) is 18.4 Å². The molecule has 0 saturated carbocycles. The molecule has 0 saturated heterocycles. The van der Waals surface area contributed by atoms with Gasteiger partial charge in [-0.3, -0.25) is 0 Å². The van der Waals surface area contributed by atoms with Crippen molar-refractivity contribution in [3.8, 4) is 0 Å². The standard InChI is InChI=1S/C10H12N4O4S/c1-2-18-10(15)9-7(6-13-14-11)4-3-5-8(9)19(12,16)17/h3-5H,2,6H2,1H3,(H2,12,16,17). The number of sulfonamides is 1. The summed E-state index contributed by atoms with van der Waals surface area (Å²) in [6.07, 6.45) is 0. The van der Waals surface area contributed by atoms with E-state index in [4.69, 9.17) is 15.4 Å². The van der Waals surface area contributed by atoms with Gasteiger partial charge in [0.1, 0.15) is 0 Å². The molecule has 8 nitrogen and oxygen atoms in total. The predicted molar refractivity (Wildman–Crippen MR) is 66.6 cm³/mol. The van der Waals surface area contributed by atoms with E-state index in [9.17, 15) is 13.2 Å². The molecule has 19 heavy (non-hydrogen) atoms. The van der Waals surface area contributed by atoms with Crippen molar-refractivity contribution in [1.82, 2.24) is 0 Å². The highest BCUT2D eigenvalue weighted by Crippen LogP contribution is 2.21. The van der Waals surface area contributed by atoms with Crippen LogP contribution in [0, 0.1) is 0 Å². The summed E-state index contributed by atoms with van der Waals surface area (Å²) in [7, 11) is -4.08. The Bertz CT molecular complexity index is 635. The smallest absolute Gasteiger partial charge is 0.339 e. The first-order valence-electron chi connectivity index (χ1n) is 5.24. The zero-order valence-electron chi connectivity index (χ0n) is 10.1. The quantitative estimate of drug-likeness (QED) is 0.377. The number of carbonyl (C=O) groups is 1. The number of esters is 1. The lowest BCUT2D eigenvalue weighted by molar-refractivity contribution is 0.0520. The van der Waals surface area contributed by atoms with E-state index < -0.39 is 16.0 Å². The molecule has 0 fully saturated rings. The number of nitrogens with zero attached hydrogens (tertiary/aromatic N) is 3. The van der Waals surface area contributed by atoms with Crippen molar-refractivity contribution in [3.05, 3.63) is 39.8 Å². The highest BCUT2D eigenvalue weighted by atomic mass is 32.2. The molecule has 0 heterocycles. The normalized spacial score (nSPS) is 10.6. The number of nitrogens with two attached hydrogens (primary N) is 1. The molecule has 0 aliphatic carbocycles. The molecule has 0 bridgehead atoms. The molecule has 9 heteroatoms. The van der Waals surface area contributed by atoms with Gasteiger partial charge in [0, 0.05) is 4.91 Å². The first-order chi connectivity index (χ1) is 8.91. The van der Waals surface area contributed by atoms with Crippen molar-refractivity contribution in [2.24, 2.45) is 10.3 Å². The minimum atomic E-state index is -4.08. The van der Waals surface area contributed by atoms with Crippen LogP contribution in [-0.2, 0) is 21.3 Å². The molecule has 0 unspecified atom stereocenters.